The van der Waals surface area contributed by atoms with Crippen LogP contribution in [0.25, 0.3) is 0 Å². The standard InChI is InChI=1S/C4H5NO2/c6-4-2-1-3-5-7-4/h1-2,5H,3H2. The van der Waals surface area contributed by atoms with Crippen LogP contribution in [-0.4, -0.2) is 12.5 Å². The zero-order valence-electron chi connectivity index (χ0n) is 3.68. The third-order valence-corrected chi connectivity index (χ3v) is 0.628. The van der Waals surface area contributed by atoms with Gasteiger partial charge in [-0.1, -0.05) is 6.08 Å². The van der Waals surface area contributed by atoms with Crippen LogP contribution in [-0.2, 0) is 9.63 Å². The highest BCUT2D eigenvalue weighted by molar-refractivity contribution is 5.82. The van der Waals surface area contributed by atoms with Crippen molar-refractivity contribution in [2.45, 2.75) is 0 Å². The van der Waals surface area contributed by atoms with Gasteiger partial charge in [0, 0.05) is 6.08 Å². The van der Waals surface area contributed by atoms with Gasteiger partial charge >= 0.3 is 5.97 Å². The van der Waals surface area contributed by atoms with Crippen molar-refractivity contribution in [1.82, 2.24) is 5.48 Å². The molecule has 0 aromatic rings. The SMILES string of the molecule is O=C1C=CCNO1. The van der Waals surface area contributed by atoms with Crippen LogP contribution in [0.5, 0.6) is 0 Å². The monoisotopic (exact) mass is 99.0 g/mol. The Bertz CT molecular complexity index is 108. The third kappa shape index (κ3) is 1.01. The lowest BCUT2D eigenvalue weighted by molar-refractivity contribution is -0.145. The Balaban J connectivity index is 2.51. The summed E-state index contributed by atoms with van der Waals surface area (Å²) in [6.45, 7) is 0.617. The van der Waals surface area contributed by atoms with Crippen LogP contribution >= 0.6 is 0 Å². The van der Waals surface area contributed by atoms with Gasteiger partial charge in [0.2, 0.25) is 0 Å². The Morgan fingerprint density at radius 3 is 3.00 bits per heavy atom. The average molecular weight is 99.1 g/mol. The van der Waals surface area contributed by atoms with Crippen molar-refractivity contribution in [1.29, 1.82) is 0 Å². The van der Waals surface area contributed by atoms with Crippen molar-refractivity contribution >= 4 is 5.97 Å². The molecular weight excluding hydrogens is 94.0 g/mol. The second kappa shape index (κ2) is 1.75. The zero-order chi connectivity index (χ0) is 5.11. The first-order valence-electron chi connectivity index (χ1n) is 2.00. The van der Waals surface area contributed by atoms with E-state index in [0.717, 1.165) is 0 Å². The lowest BCUT2D eigenvalue weighted by Gasteiger charge is -2.02. The first kappa shape index (κ1) is 4.33. The Hall–Kier alpha value is -0.830. The van der Waals surface area contributed by atoms with Gasteiger partial charge in [0.05, 0.1) is 6.54 Å². The van der Waals surface area contributed by atoms with Crippen LogP contribution in [0.2, 0.25) is 0 Å². The first-order valence-corrected chi connectivity index (χ1v) is 2.00. The number of rotatable bonds is 0. The fourth-order valence-corrected chi connectivity index (χ4v) is 0.350. The summed E-state index contributed by atoms with van der Waals surface area (Å²) in [6, 6.07) is 0. The molecule has 0 atom stereocenters. The summed E-state index contributed by atoms with van der Waals surface area (Å²) >= 11 is 0. The van der Waals surface area contributed by atoms with Crippen LogP contribution in [0.4, 0.5) is 0 Å². The Morgan fingerprint density at radius 1 is 1.86 bits per heavy atom. The highest BCUT2D eigenvalue weighted by Gasteiger charge is 1.97. The van der Waals surface area contributed by atoms with Gasteiger partial charge in [-0.3, -0.25) is 0 Å². The van der Waals surface area contributed by atoms with E-state index in [9.17, 15) is 4.79 Å². The number of carbonyl (C=O) groups is 1. The molecule has 3 heteroatoms. The molecule has 1 aliphatic rings. The molecule has 1 N–H and O–H groups in total. The van der Waals surface area contributed by atoms with Crippen LogP contribution in [0.15, 0.2) is 12.2 Å². The minimum atomic E-state index is -0.328. The van der Waals surface area contributed by atoms with Crippen molar-refractivity contribution in [2.75, 3.05) is 6.54 Å². The molecule has 0 aromatic carbocycles. The molecule has 0 radical (unpaired) electrons. The fourth-order valence-electron chi connectivity index (χ4n) is 0.350. The zero-order valence-corrected chi connectivity index (χ0v) is 3.68. The number of hydrogen-bond donors (Lipinski definition) is 1. The van der Waals surface area contributed by atoms with E-state index in [1.807, 2.05) is 0 Å². The highest BCUT2D eigenvalue weighted by Crippen LogP contribution is 1.82. The van der Waals surface area contributed by atoms with E-state index in [1.165, 1.54) is 6.08 Å². The van der Waals surface area contributed by atoms with Crippen molar-refractivity contribution in [3.63, 3.8) is 0 Å². The van der Waals surface area contributed by atoms with Crippen LogP contribution in [0, 0.1) is 0 Å². The molecule has 3 nitrogen and oxygen atoms in total. The maximum atomic E-state index is 10.1. The van der Waals surface area contributed by atoms with Crippen LogP contribution < -0.4 is 5.48 Å². The molecule has 1 heterocycles. The van der Waals surface area contributed by atoms with Crippen LogP contribution in [0.3, 0.4) is 0 Å². The van der Waals surface area contributed by atoms with Gasteiger partial charge in [-0.2, -0.15) is 0 Å². The summed E-state index contributed by atoms with van der Waals surface area (Å²) in [5.41, 5.74) is 2.40. The second-order valence-corrected chi connectivity index (χ2v) is 1.17. The van der Waals surface area contributed by atoms with E-state index in [-0.39, 0.29) is 5.97 Å². The van der Waals surface area contributed by atoms with E-state index in [4.69, 9.17) is 0 Å². The predicted molar refractivity (Wildman–Crippen MR) is 23.2 cm³/mol. The maximum absolute atomic E-state index is 10.1. The lowest BCUT2D eigenvalue weighted by atomic mass is 10.5. The quantitative estimate of drug-likeness (QED) is 0.449. The minimum absolute atomic E-state index is 0.328. The summed E-state index contributed by atoms with van der Waals surface area (Å²) in [6.07, 6.45) is 3.09. The van der Waals surface area contributed by atoms with E-state index >= 15 is 0 Å². The number of hydroxylamine groups is 1. The topological polar surface area (TPSA) is 38.3 Å². The first-order chi connectivity index (χ1) is 3.39. The molecule has 0 fully saturated rings. The molecule has 0 bridgehead atoms. The van der Waals surface area contributed by atoms with Gasteiger partial charge in [-0.05, 0) is 0 Å². The summed E-state index contributed by atoms with van der Waals surface area (Å²) < 4.78 is 0. The Kier molecular flexibility index (Phi) is 1.08. The molecule has 0 amide bonds. The highest BCUT2D eigenvalue weighted by atomic mass is 16.7. The van der Waals surface area contributed by atoms with Gasteiger partial charge in [0.1, 0.15) is 0 Å². The Labute approximate surface area is 40.9 Å². The van der Waals surface area contributed by atoms with E-state index in [1.54, 1.807) is 6.08 Å². The van der Waals surface area contributed by atoms with Gasteiger partial charge < -0.3 is 4.84 Å². The van der Waals surface area contributed by atoms with Crippen molar-refractivity contribution in [3.8, 4) is 0 Å². The normalized spacial score (nSPS) is 19.1. The summed E-state index contributed by atoms with van der Waals surface area (Å²) in [5, 5.41) is 0. The molecule has 0 unspecified atom stereocenters. The molecule has 0 saturated carbocycles. The molecule has 7 heavy (non-hydrogen) atoms. The summed E-state index contributed by atoms with van der Waals surface area (Å²) in [5.74, 6) is -0.328. The number of hydrogen-bond acceptors (Lipinski definition) is 3. The van der Waals surface area contributed by atoms with E-state index in [0.29, 0.717) is 6.54 Å². The number of nitrogens with one attached hydrogen (secondary N) is 1. The molecule has 0 aromatic heterocycles. The molecule has 0 saturated heterocycles. The average Bonchev–Trinajstić information content (AvgIpc) is 1.69. The lowest BCUT2D eigenvalue weighted by Crippen LogP contribution is -2.22. The largest absolute Gasteiger partial charge is 0.367 e. The molecule has 0 spiro atoms. The van der Waals surface area contributed by atoms with Gasteiger partial charge in [-0.25, -0.2) is 4.79 Å². The summed E-state index contributed by atoms with van der Waals surface area (Å²) in [7, 11) is 0. The summed E-state index contributed by atoms with van der Waals surface area (Å²) in [4.78, 5) is 14.4. The van der Waals surface area contributed by atoms with Gasteiger partial charge in [-0.15, -0.1) is 5.48 Å². The van der Waals surface area contributed by atoms with E-state index in [2.05, 4.69) is 10.3 Å². The molecule has 1 aliphatic heterocycles. The maximum Gasteiger partial charge on any atom is 0.349 e. The smallest absolute Gasteiger partial charge is 0.349 e. The predicted octanol–water partition coefficient (Wildman–Crippen LogP) is -0.396. The fraction of sp³-hybridized carbons (Fsp3) is 0.250. The van der Waals surface area contributed by atoms with Gasteiger partial charge in [0.25, 0.3) is 0 Å². The minimum Gasteiger partial charge on any atom is -0.367 e. The van der Waals surface area contributed by atoms with Crippen LogP contribution in [0.1, 0.15) is 0 Å². The van der Waals surface area contributed by atoms with Gasteiger partial charge in [0.15, 0.2) is 0 Å². The molecule has 1 rings (SSSR count). The molecule has 0 aliphatic carbocycles. The van der Waals surface area contributed by atoms with E-state index < -0.39 is 0 Å². The van der Waals surface area contributed by atoms with Crippen molar-refractivity contribution in [2.24, 2.45) is 0 Å². The van der Waals surface area contributed by atoms with Crippen molar-refractivity contribution in [3.05, 3.63) is 12.2 Å². The number of carbonyl (C=O) groups excluding carboxylic acids is 1. The molecule has 38 valence electrons. The third-order valence-electron chi connectivity index (χ3n) is 0.628. The Morgan fingerprint density at radius 2 is 2.71 bits per heavy atom. The van der Waals surface area contributed by atoms with Crippen molar-refractivity contribution < 1.29 is 9.63 Å². The molecular formula is C4H5NO2. The second-order valence-electron chi connectivity index (χ2n) is 1.17.